The summed E-state index contributed by atoms with van der Waals surface area (Å²) in [5, 5.41) is 4.20. The van der Waals surface area contributed by atoms with Crippen LogP contribution in [-0.2, 0) is 0 Å². The molecular formula is C12H13FN2. The van der Waals surface area contributed by atoms with E-state index in [9.17, 15) is 4.39 Å². The molecule has 0 unspecified atom stereocenters. The highest BCUT2D eigenvalue weighted by Gasteiger charge is 2.04. The summed E-state index contributed by atoms with van der Waals surface area (Å²) in [5.41, 5.74) is 1.90. The molecule has 0 radical (unpaired) electrons. The summed E-state index contributed by atoms with van der Waals surface area (Å²) in [6.07, 6.45) is 3.75. The number of hydrogen-bond donors (Lipinski definition) is 0. The first kappa shape index (κ1) is 9.90. The highest BCUT2D eigenvalue weighted by atomic mass is 19.1. The second-order valence-corrected chi connectivity index (χ2v) is 3.85. The van der Waals surface area contributed by atoms with Crippen molar-refractivity contribution in [1.82, 2.24) is 9.78 Å². The molecule has 0 aliphatic carbocycles. The van der Waals surface area contributed by atoms with Gasteiger partial charge in [-0.15, -0.1) is 0 Å². The van der Waals surface area contributed by atoms with E-state index < -0.39 is 0 Å². The van der Waals surface area contributed by atoms with Crippen LogP contribution in [0.25, 0.3) is 5.69 Å². The lowest BCUT2D eigenvalue weighted by molar-refractivity contribution is 0.625. The highest BCUT2D eigenvalue weighted by Crippen LogP contribution is 2.15. The standard InChI is InChI=1S/C12H13FN2/c1-9(2)10-7-14-15(8-10)12-5-3-4-11(13)6-12/h3-9H,1-2H3. The van der Waals surface area contributed by atoms with E-state index in [2.05, 4.69) is 18.9 Å². The minimum absolute atomic E-state index is 0.242. The number of halogens is 1. The summed E-state index contributed by atoms with van der Waals surface area (Å²) < 4.78 is 14.7. The second kappa shape index (κ2) is 3.85. The zero-order valence-electron chi connectivity index (χ0n) is 8.81. The third kappa shape index (κ3) is 2.06. The number of nitrogens with zero attached hydrogens (tertiary/aromatic N) is 2. The fourth-order valence-electron chi connectivity index (χ4n) is 1.39. The first-order chi connectivity index (χ1) is 7.16. The third-order valence-corrected chi connectivity index (χ3v) is 2.34. The van der Waals surface area contributed by atoms with Crippen LogP contribution in [0.4, 0.5) is 4.39 Å². The molecule has 0 saturated heterocycles. The molecule has 2 nitrogen and oxygen atoms in total. The Balaban J connectivity index is 2.37. The zero-order valence-corrected chi connectivity index (χ0v) is 8.81. The Bertz CT molecular complexity index is 460. The van der Waals surface area contributed by atoms with Crippen LogP contribution in [-0.4, -0.2) is 9.78 Å². The molecule has 15 heavy (non-hydrogen) atoms. The maximum Gasteiger partial charge on any atom is 0.125 e. The van der Waals surface area contributed by atoms with E-state index in [4.69, 9.17) is 0 Å². The fourth-order valence-corrected chi connectivity index (χ4v) is 1.39. The fraction of sp³-hybridized carbons (Fsp3) is 0.250. The largest absolute Gasteiger partial charge is 0.241 e. The van der Waals surface area contributed by atoms with Crippen LogP contribution in [0.1, 0.15) is 25.3 Å². The maximum absolute atomic E-state index is 13.0. The monoisotopic (exact) mass is 204 g/mol. The average Bonchev–Trinajstić information content (AvgIpc) is 2.66. The summed E-state index contributed by atoms with van der Waals surface area (Å²) >= 11 is 0. The van der Waals surface area contributed by atoms with Crippen LogP contribution in [0.2, 0.25) is 0 Å². The molecule has 0 saturated carbocycles. The van der Waals surface area contributed by atoms with Crippen molar-refractivity contribution in [3.05, 3.63) is 48.0 Å². The molecule has 0 aliphatic rings. The molecule has 1 aromatic carbocycles. The predicted molar refractivity (Wildman–Crippen MR) is 57.6 cm³/mol. The molecule has 78 valence electrons. The Morgan fingerprint density at radius 2 is 2.13 bits per heavy atom. The van der Waals surface area contributed by atoms with Gasteiger partial charge in [0.15, 0.2) is 0 Å². The summed E-state index contributed by atoms with van der Waals surface area (Å²) in [6.45, 7) is 4.21. The van der Waals surface area contributed by atoms with Crippen LogP contribution < -0.4 is 0 Å². The highest BCUT2D eigenvalue weighted by molar-refractivity contribution is 5.32. The van der Waals surface area contributed by atoms with Gasteiger partial charge >= 0.3 is 0 Å². The van der Waals surface area contributed by atoms with Crippen molar-refractivity contribution in [3.63, 3.8) is 0 Å². The SMILES string of the molecule is CC(C)c1cnn(-c2cccc(F)c2)c1. The van der Waals surface area contributed by atoms with Crippen molar-refractivity contribution in [1.29, 1.82) is 0 Å². The Morgan fingerprint density at radius 1 is 1.33 bits per heavy atom. The van der Waals surface area contributed by atoms with E-state index in [0.717, 1.165) is 11.3 Å². The van der Waals surface area contributed by atoms with Gasteiger partial charge in [-0.1, -0.05) is 19.9 Å². The van der Waals surface area contributed by atoms with Crippen molar-refractivity contribution >= 4 is 0 Å². The molecule has 0 amide bonds. The molecule has 0 aliphatic heterocycles. The van der Waals surface area contributed by atoms with Gasteiger partial charge in [0.25, 0.3) is 0 Å². The van der Waals surface area contributed by atoms with Crippen LogP contribution in [0.5, 0.6) is 0 Å². The molecule has 0 N–H and O–H groups in total. The maximum atomic E-state index is 13.0. The van der Waals surface area contributed by atoms with E-state index in [1.54, 1.807) is 10.7 Å². The zero-order chi connectivity index (χ0) is 10.8. The quantitative estimate of drug-likeness (QED) is 0.734. The van der Waals surface area contributed by atoms with E-state index in [1.807, 2.05) is 18.5 Å². The summed E-state index contributed by atoms with van der Waals surface area (Å²) in [7, 11) is 0. The van der Waals surface area contributed by atoms with Gasteiger partial charge in [0.2, 0.25) is 0 Å². The van der Waals surface area contributed by atoms with Gasteiger partial charge < -0.3 is 0 Å². The topological polar surface area (TPSA) is 17.8 Å². The van der Waals surface area contributed by atoms with Crippen LogP contribution in [0.15, 0.2) is 36.7 Å². The Labute approximate surface area is 88.4 Å². The first-order valence-electron chi connectivity index (χ1n) is 4.97. The van der Waals surface area contributed by atoms with E-state index >= 15 is 0 Å². The number of hydrogen-bond acceptors (Lipinski definition) is 1. The second-order valence-electron chi connectivity index (χ2n) is 3.85. The van der Waals surface area contributed by atoms with Crippen molar-refractivity contribution < 1.29 is 4.39 Å². The van der Waals surface area contributed by atoms with Gasteiger partial charge in [-0.3, -0.25) is 0 Å². The molecule has 0 atom stereocenters. The van der Waals surface area contributed by atoms with Gasteiger partial charge in [-0.05, 0) is 29.7 Å². The average molecular weight is 204 g/mol. The van der Waals surface area contributed by atoms with Crippen LogP contribution in [0.3, 0.4) is 0 Å². The summed E-state index contributed by atoms with van der Waals surface area (Å²) in [5.74, 6) is 0.196. The minimum atomic E-state index is -0.242. The third-order valence-electron chi connectivity index (χ3n) is 2.34. The van der Waals surface area contributed by atoms with E-state index in [0.29, 0.717) is 5.92 Å². The van der Waals surface area contributed by atoms with Crippen LogP contribution in [0, 0.1) is 5.82 Å². The Kier molecular flexibility index (Phi) is 2.54. The van der Waals surface area contributed by atoms with Crippen molar-refractivity contribution in [2.24, 2.45) is 0 Å². The molecule has 0 spiro atoms. The van der Waals surface area contributed by atoms with Gasteiger partial charge in [0, 0.05) is 6.20 Å². The summed E-state index contributed by atoms with van der Waals surface area (Å²) in [4.78, 5) is 0. The van der Waals surface area contributed by atoms with Gasteiger partial charge in [-0.2, -0.15) is 5.10 Å². The molecular weight excluding hydrogens is 191 g/mol. The predicted octanol–water partition coefficient (Wildman–Crippen LogP) is 3.13. The molecule has 1 aromatic heterocycles. The Morgan fingerprint density at radius 3 is 2.73 bits per heavy atom. The molecule has 2 rings (SSSR count). The lowest BCUT2D eigenvalue weighted by Crippen LogP contribution is -1.94. The lowest BCUT2D eigenvalue weighted by Gasteiger charge is -2.01. The molecule has 0 bridgehead atoms. The number of rotatable bonds is 2. The minimum Gasteiger partial charge on any atom is -0.241 e. The molecule has 2 aromatic rings. The van der Waals surface area contributed by atoms with E-state index in [-0.39, 0.29) is 5.82 Å². The van der Waals surface area contributed by atoms with Gasteiger partial charge in [0.05, 0.1) is 11.9 Å². The smallest absolute Gasteiger partial charge is 0.125 e. The normalized spacial score (nSPS) is 10.9. The van der Waals surface area contributed by atoms with Gasteiger partial charge in [0.1, 0.15) is 5.82 Å². The number of benzene rings is 1. The van der Waals surface area contributed by atoms with Gasteiger partial charge in [-0.25, -0.2) is 9.07 Å². The summed E-state index contributed by atoms with van der Waals surface area (Å²) in [6, 6.07) is 6.41. The van der Waals surface area contributed by atoms with Crippen molar-refractivity contribution in [3.8, 4) is 5.69 Å². The molecule has 0 fully saturated rings. The number of aromatic nitrogens is 2. The lowest BCUT2D eigenvalue weighted by atomic mass is 10.1. The van der Waals surface area contributed by atoms with Crippen molar-refractivity contribution in [2.75, 3.05) is 0 Å². The first-order valence-corrected chi connectivity index (χ1v) is 4.97. The van der Waals surface area contributed by atoms with E-state index in [1.165, 1.54) is 12.1 Å². The molecule has 1 heterocycles. The van der Waals surface area contributed by atoms with Crippen molar-refractivity contribution in [2.45, 2.75) is 19.8 Å². The van der Waals surface area contributed by atoms with Crippen LogP contribution >= 0.6 is 0 Å². The molecule has 3 heteroatoms. The Hall–Kier alpha value is -1.64.